The number of nitrogens with two attached hydrogens (primary N) is 1. The molecule has 0 saturated heterocycles. The Balaban J connectivity index is 2.34. The average molecular weight is 298 g/mol. The minimum Gasteiger partial charge on any atom is -0.508 e. The van der Waals surface area contributed by atoms with Crippen molar-refractivity contribution in [2.24, 2.45) is 5.73 Å². The third kappa shape index (κ3) is 2.01. The van der Waals surface area contributed by atoms with E-state index in [2.05, 4.69) is 9.97 Å². The Labute approximate surface area is 123 Å². The molecule has 22 heavy (non-hydrogen) atoms. The number of nitrogens with zero attached hydrogens (tertiary/aromatic N) is 1. The first-order valence-corrected chi connectivity index (χ1v) is 6.24. The van der Waals surface area contributed by atoms with Crippen molar-refractivity contribution in [3.63, 3.8) is 0 Å². The molecule has 1 aliphatic heterocycles. The van der Waals surface area contributed by atoms with E-state index >= 15 is 0 Å². The number of phenolic OH excluding ortho intramolecular Hbond substituents is 1. The second-order valence-electron chi connectivity index (χ2n) is 4.67. The zero-order valence-electron chi connectivity index (χ0n) is 11.1. The smallest absolute Gasteiger partial charge is 0.328 e. The van der Waals surface area contributed by atoms with Crippen molar-refractivity contribution >= 4 is 0 Å². The Bertz CT molecular complexity index is 948. The van der Waals surface area contributed by atoms with Gasteiger partial charge in [0.25, 0.3) is 5.56 Å². The van der Waals surface area contributed by atoms with Gasteiger partial charge in [-0.1, -0.05) is 12.1 Å². The summed E-state index contributed by atoms with van der Waals surface area (Å²) in [7, 11) is 0. The van der Waals surface area contributed by atoms with Crippen LogP contribution in [0.25, 0.3) is 0 Å². The van der Waals surface area contributed by atoms with E-state index in [0.717, 1.165) is 0 Å². The number of aromatic hydroxyl groups is 1. The molecule has 0 fully saturated rings. The van der Waals surface area contributed by atoms with Crippen LogP contribution in [0.5, 0.6) is 11.6 Å². The van der Waals surface area contributed by atoms with Gasteiger partial charge in [0.2, 0.25) is 11.8 Å². The van der Waals surface area contributed by atoms with Crippen molar-refractivity contribution < 1.29 is 9.84 Å². The molecule has 8 nitrogen and oxygen atoms in total. The highest BCUT2D eigenvalue weighted by Crippen LogP contribution is 2.39. The molecule has 0 bridgehead atoms. The van der Waals surface area contributed by atoms with Crippen LogP contribution < -0.4 is 21.7 Å². The Morgan fingerprint density at radius 1 is 1.32 bits per heavy atom. The molecule has 1 aromatic carbocycles. The lowest BCUT2D eigenvalue weighted by atomic mass is 9.85. The number of hydrogen-bond acceptors (Lipinski definition) is 6. The standard InChI is InChI=1S/C14H10N4O4/c15-5-8-9(6-2-1-3-7(19)4-6)10-12(20)17-14(21)18-13(10)22-11(8)16/h1-4,9,19H,16H2,(H2,17,18,20,21). The molecule has 1 aromatic heterocycles. The van der Waals surface area contributed by atoms with E-state index in [1.807, 2.05) is 6.07 Å². The average Bonchev–Trinajstić information content (AvgIpc) is 2.45. The van der Waals surface area contributed by atoms with Gasteiger partial charge >= 0.3 is 5.69 Å². The molecule has 110 valence electrons. The number of allylic oxidation sites excluding steroid dienone is 1. The van der Waals surface area contributed by atoms with Gasteiger partial charge in [0.15, 0.2) is 0 Å². The van der Waals surface area contributed by atoms with Crippen LogP contribution in [0.1, 0.15) is 17.0 Å². The maximum absolute atomic E-state index is 12.1. The fourth-order valence-corrected chi connectivity index (χ4v) is 2.43. The molecule has 0 saturated carbocycles. The fraction of sp³-hybridized carbons (Fsp3) is 0.0714. The molecule has 0 aliphatic carbocycles. The minimum absolute atomic E-state index is 0.0237. The van der Waals surface area contributed by atoms with Crippen molar-refractivity contribution in [2.75, 3.05) is 0 Å². The van der Waals surface area contributed by atoms with Crippen LogP contribution in [-0.2, 0) is 0 Å². The molecule has 2 heterocycles. The number of ether oxygens (including phenoxy) is 1. The molecule has 0 radical (unpaired) electrons. The summed E-state index contributed by atoms with van der Waals surface area (Å²) in [6, 6.07) is 7.99. The fourth-order valence-electron chi connectivity index (χ4n) is 2.43. The van der Waals surface area contributed by atoms with Gasteiger partial charge in [-0.3, -0.25) is 14.8 Å². The van der Waals surface area contributed by atoms with Crippen LogP contribution in [-0.4, -0.2) is 15.1 Å². The highest BCUT2D eigenvalue weighted by molar-refractivity contribution is 5.53. The van der Waals surface area contributed by atoms with E-state index < -0.39 is 17.2 Å². The number of aromatic amines is 2. The number of rotatable bonds is 1. The molecule has 8 heteroatoms. The van der Waals surface area contributed by atoms with E-state index in [4.69, 9.17) is 10.5 Å². The number of benzene rings is 1. The molecule has 2 aromatic rings. The van der Waals surface area contributed by atoms with Gasteiger partial charge in [-0.25, -0.2) is 4.79 Å². The summed E-state index contributed by atoms with van der Waals surface area (Å²) in [6.45, 7) is 0. The second kappa shape index (κ2) is 4.82. The minimum atomic E-state index is -0.846. The Morgan fingerprint density at radius 3 is 2.77 bits per heavy atom. The first-order chi connectivity index (χ1) is 10.5. The highest BCUT2D eigenvalue weighted by atomic mass is 16.5. The summed E-state index contributed by atoms with van der Waals surface area (Å²) < 4.78 is 5.18. The SMILES string of the molecule is N#CC1=C(N)Oc2[nH]c(=O)[nH]c(=O)c2C1c1cccc(O)c1. The number of hydrogen-bond donors (Lipinski definition) is 4. The zero-order chi connectivity index (χ0) is 15.9. The monoisotopic (exact) mass is 298 g/mol. The van der Waals surface area contributed by atoms with Crippen LogP contribution in [0, 0.1) is 11.3 Å². The van der Waals surface area contributed by atoms with Crippen molar-refractivity contribution in [1.82, 2.24) is 9.97 Å². The van der Waals surface area contributed by atoms with Gasteiger partial charge in [-0.05, 0) is 17.7 Å². The van der Waals surface area contributed by atoms with E-state index in [9.17, 15) is 20.0 Å². The van der Waals surface area contributed by atoms with E-state index in [1.54, 1.807) is 12.1 Å². The number of nitriles is 1. The molecule has 0 amide bonds. The largest absolute Gasteiger partial charge is 0.508 e. The quantitative estimate of drug-likeness (QED) is 0.582. The summed E-state index contributed by atoms with van der Waals surface area (Å²) in [6.07, 6.45) is 0. The molecule has 1 unspecified atom stereocenters. The van der Waals surface area contributed by atoms with Gasteiger partial charge in [-0.2, -0.15) is 5.26 Å². The van der Waals surface area contributed by atoms with Crippen LogP contribution in [0.4, 0.5) is 0 Å². The first kappa shape index (κ1) is 13.5. The zero-order valence-corrected chi connectivity index (χ0v) is 11.1. The van der Waals surface area contributed by atoms with Gasteiger partial charge < -0.3 is 15.6 Å². The molecule has 1 aliphatic rings. The molecular weight excluding hydrogens is 288 g/mol. The highest BCUT2D eigenvalue weighted by Gasteiger charge is 2.34. The Hall–Kier alpha value is -3.47. The van der Waals surface area contributed by atoms with Gasteiger partial charge in [0.05, 0.1) is 11.5 Å². The van der Waals surface area contributed by atoms with Gasteiger partial charge in [-0.15, -0.1) is 0 Å². The number of nitrogens with one attached hydrogen (secondary N) is 2. The summed E-state index contributed by atoms with van der Waals surface area (Å²) in [5, 5.41) is 18.9. The first-order valence-electron chi connectivity index (χ1n) is 6.24. The Morgan fingerprint density at radius 2 is 2.09 bits per heavy atom. The second-order valence-corrected chi connectivity index (χ2v) is 4.67. The van der Waals surface area contributed by atoms with E-state index in [0.29, 0.717) is 5.56 Å². The number of aromatic nitrogens is 2. The normalized spacial score (nSPS) is 16.6. The predicted octanol–water partition coefficient (Wildman–Crippen LogP) is -0.0130. The lowest BCUT2D eigenvalue weighted by molar-refractivity contribution is 0.373. The molecule has 1 atom stereocenters. The summed E-state index contributed by atoms with van der Waals surface area (Å²) >= 11 is 0. The third-order valence-corrected chi connectivity index (χ3v) is 3.32. The van der Waals surface area contributed by atoms with Crippen LogP contribution in [0.15, 0.2) is 45.3 Å². The number of H-pyrrole nitrogens is 2. The van der Waals surface area contributed by atoms with E-state index in [-0.39, 0.29) is 28.6 Å². The van der Waals surface area contributed by atoms with Gasteiger partial charge in [0.1, 0.15) is 17.4 Å². The van der Waals surface area contributed by atoms with E-state index in [1.165, 1.54) is 12.1 Å². The van der Waals surface area contributed by atoms with Crippen molar-refractivity contribution in [3.8, 4) is 17.7 Å². The molecular formula is C14H10N4O4. The van der Waals surface area contributed by atoms with Crippen molar-refractivity contribution in [2.45, 2.75) is 5.92 Å². The molecule has 3 rings (SSSR count). The lowest BCUT2D eigenvalue weighted by Crippen LogP contribution is -2.33. The summed E-state index contributed by atoms with van der Waals surface area (Å²) in [5.74, 6) is -1.19. The maximum atomic E-state index is 12.1. The third-order valence-electron chi connectivity index (χ3n) is 3.32. The van der Waals surface area contributed by atoms with Crippen LogP contribution >= 0.6 is 0 Å². The maximum Gasteiger partial charge on any atom is 0.328 e. The van der Waals surface area contributed by atoms with Crippen LogP contribution in [0.3, 0.4) is 0 Å². The topological polar surface area (TPSA) is 145 Å². The molecule has 5 N–H and O–H groups in total. The Kier molecular flexibility index (Phi) is 2.96. The summed E-state index contributed by atoms with van der Waals surface area (Å²) in [5.41, 5.74) is 4.83. The number of phenols is 1. The van der Waals surface area contributed by atoms with Gasteiger partial charge in [0, 0.05) is 0 Å². The number of fused-ring (bicyclic) bond motifs is 1. The predicted molar refractivity (Wildman–Crippen MR) is 75.1 cm³/mol. The van der Waals surface area contributed by atoms with Crippen molar-refractivity contribution in [3.05, 3.63) is 67.7 Å². The molecule has 0 spiro atoms. The van der Waals surface area contributed by atoms with Crippen LogP contribution in [0.2, 0.25) is 0 Å². The lowest BCUT2D eigenvalue weighted by Gasteiger charge is -2.24. The van der Waals surface area contributed by atoms with Crippen molar-refractivity contribution in [1.29, 1.82) is 5.26 Å². The summed E-state index contributed by atoms with van der Waals surface area (Å²) in [4.78, 5) is 27.9.